The molecule has 5 heteroatoms. The van der Waals surface area contributed by atoms with Gasteiger partial charge in [0.05, 0.1) is 21.1 Å². The fraction of sp³-hybridized carbons (Fsp3) is 0.923. The number of likely N-dealkylation sites (N-methyl/N-ethyl adjacent to an activating group) is 1. The third kappa shape index (κ3) is 36.6. The van der Waals surface area contributed by atoms with Gasteiger partial charge in [0, 0.05) is 12.9 Å². The molecule has 0 aromatic rings. The van der Waals surface area contributed by atoms with Gasteiger partial charge in [0.2, 0.25) is 0 Å². The molecule has 0 radical (unpaired) electrons. The van der Waals surface area contributed by atoms with E-state index in [1.165, 1.54) is 96.8 Å². The van der Waals surface area contributed by atoms with Crippen molar-refractivity contribution in [3.05, 3.63) is 0 Å². The van der Waals surface area contributed by atoms with Gasteiger partial charge in [0.15, 0.2) is 0 Å². The van der Waals surface area contributed by atoms with Crippen LogP contribution in [0.1, 0.15) is 123 Å². The van der Waals surface area contributed by atoms with Crippen LogP contribution in [0.15, 0.2) is 0 Å². The highest BCUT2D eigenvalue weighted by Gasteiger charge is 2.06. The average Bonchev–Trinajstić information content (AvgIpc) is 2.66. The van der Waals surface area contributed by atoms with E-state index in [9.17, 15) is 14.7 Å². The van der Waals surface area contributed by atoms with Crippen molar-refractivity contribution in [3.8, 4) is 0 Å². The van der Waals surface area contributed by atoms with E-state index < -0.39 is 5.97 Å². The smallest absolute Gasteiger partial charge is 0.302 e. The monoisotopic (exact) mass is 443 g/mol. The Morgan fingerprint density at radius 3 is 1.32 bits per heavy atom. The van der Waals surface area contributed by atoms with E-state index in [0.717, 1.165) is 23.9 Å². The number of aliphatic carboxylic acids is 1. The number of hydrogen-bond acceptors (Lipinski definition) is 4. The number of carbonyl (C=O) groups is 2. The lowest BCUT2D eigenvalue weighted by Gasteiger charge is -2.23. The van der Waals surface area contributed by atoms with Crippen molar-refractivity contribution in [3.63, 3.8) is 0 Å². The maximum Gasteiger partial charge on any atom is 0.302 e. The molecular formula is C26H53NO4. The molecule has 0 aliphatic rings. The molecule has 31 heavy (non-hydrogen) atoms. The number of hydrogen-bond donors (Lipinski definition) is 0. The summed E-state index contributed by atoms with van der Waals surface area (Å²) in [5, 5.41) is 10.2. The molecule has 0 unspecified atom stereocenters. The number of carbonyl (C=O) groups excluding carboxylic acids is 2. The Balaban J connectivity index is 0. The van der Waals surface area contributed by atoms with Gasteiger partial charge in [-0.1, -0.05) is 103 Å². The summed E-state index contributed by atoms with van der Waals surface area (Å²) >= 11 is 0. The average molecular weight is 444 g/mol. The molecule has 0 amide bonds. The second kappa shape index (κ2) is 23.6. The molecule has 0 heterocycles. The van der Waals surface area contributed by atoms with Gasteiger partial charge in [-0.25, -0.2) is 0 Å². The summed E-state index contributed by atoms with van der Waals surface area (Å²) in [6.45, 7) is 5.07. The van der Waals surface area contributed by atoms with Crippen LogP contribution >= 0.6 is 0 Å². The molecule has 0 fully saturated rings. The fourth-order valence-electron chi connectivity index (χ4n) is 3.28. The van der Waals surface area contributed by atoms with Crippen molar-refractivity contribution >= 4 is 11.9 Å². The standard InChI is InChI=1S/C19H38O2.C7H16NO2/c1-2-3-4-5-6-7-8-9-10-11-12-13-14-15-16-17-18-19(20)21;1-7(9)10-6-5-8(2,3)4/h2-18H2,1H3,(H,20,21);5-6H2,1-4H3/q;+1/p-1. The molecule has 0 aromatic heterocycles. The highest BCUT2D eigenvalue weighted by atomic mass is 16.5. The molecule has 0 bridgehead atoms. The Morgan fingerprint density at radius 1 is 0.677 bits per heavy atom. The first-order valence-electron chi connectivity index (χ1n) is 12.8. The second-order valence-electron chi connectivity index (χ2n) is 9.78. The van der Waals surface area contributed by atoms with E-state index in [2.05, 4.69) is 28.1 Å². The van der Waals surface area contributed by atoms with Gasteiger partial charge in [0.25, 0.3) is 0 Å². The molecule has 0 aromatic carbocycles. The predicted octanol–water partition coefficient (Wildman–Crippen LogP) is 5.64. The molecule has 0 aliphatic carbocycles. The number of esters is 1. The molecule has 0 spiro atoms. The summed E-state index contributed by atoms with van der Waals surface area (Å²) in [4.78, 5) is 20.5. The number of ether oxygens (including phenoxy) is 1. The highest BCUT2D eigenvalue weighted by molar-refractivity contribution is 5.65. The van der Waals surface area contributed by atoms with Gasteiger partial charge in [-0.3, -0.25) is 4.79 Å². The Kier molecular flexibility index (Phi) is 24.4. The largest absolute Gasteiger partial charge is 0.550 e. The lowest BCUT2D eigenvalue weighted by atomic mass is 10.0. The van der Waals surface area contributed by atoms with Gasteiger partial charge in [0.1, 0.15) is 13.2 Å². The number of quaternary nitrogens is 1. The van der Waals surface area contributed by atoms with Crippen molar-refractivity contribution in [1.82, 2.24) is 0 Å². The lowest BCUT2D eigenvalue weighted by Crippen LogP contribution is -2.37. The Morgan fingerprint density at radius 2 is 1.03 bits per heavy atom. The molecule has 0 saturated carbocycles. The quantitative estimate of drug-likeness (QED) is 0.139. The first kappa shape index (κ1) is 32.1. The number of rotatable bonds is 20. The van der Waals surface area contributed by atoms with Gasteiger partial charge >= 0.3 is 5.97 Å². The summed E-state index contributed by atoms with van der Waals surface area (Å²) in [5.41, 5.74) is 0. The Hall–Kier alpha value is -1.10. The van der Waals surface area contributed by atoms with E-state index in [1.807, 2.05) is 0 Å². The Bertz CT molecular complexity index is 405. The molecule has 186 valence electrons. The van der Waals surface area contributed by atoms with Crippen LogP contribution in [0.2, 0.25) is 0 Å². The van der Waals surface area contributed by atoms with Crippen LogP contribution in [-0.4, -0.2) is 50.7 Å². The summed E-state index contributed by atoms with van der Waals surface area (Å²) in [6, 6.07) is 0. The van der Waals surface area contributed by atoms with E-state index in [4.69, 9.17) is 4.74 Å². The minimum absolute atomic E-state index is 0.201. The van der Waals surface area contributed by atoms with Gasteiger partial charge in [-0.2, -0.15) is 0 Å². The molecule has 0 rings (SSSR count). The third-order valence-corrected chi connectivity index (χ3v) is 5.30. The van der Waals surface area contributed by atoms with Crippen LogP contribution in [0.5, 0.6) is 0 Å². The topological polar surface area (TPSA) is 66.4 Å². The van der Waals surface area contributed by atoms with E-state index in [0.29, 0.717) is 6.61 Å². The second-order valence-corrected chi connectivity index (χ2v) is 9.78. The SMILES string of the molecule is CC(=O)OCC[N+](C)(C)C.CCCCCCCCCCCCCCCCCCC(=O)[O-]. The summed E-state index contributed by atoms with van der Waals surface area (Å²) in [7, 11) is 6.18. The third-order valence-electron chi connectivity index (χ3n) is 5.30. The van der Waals surface area contributed by atoms with Gasteiger partial charge in [-0.05, 0) is 12.8 Å². The zero-order valence-corrected chi connectivity index (χ0v) is 21.5. The van der Waals surface area contributed by atoms with Gasteiger partial charge < -0.3 is 19.1 Å². The zero-order chi connectivity index (χ0) is 23.8. The van der Waals surface area contributed by atoms with E-state index >= 15 is 0 Å². The minimum Gasteiger partial charge on any atom is -0.550 e. The van der Waals surface area contributed by atoms with Crippen LogP contribution in [0, 0.1) is 0 Å². The predicted molar refractivity (Wildman–Crippen MR) is 129 cm³/mol. The van der Waals surface area contributed by atoms with Crippen LogP contribution in [0.3, 0.4) is 0 Å². The number of carboxylic acids is 1. The van der Waals surface area contributed by atoms with Crippen LogP contribution in [0.4, 0.5) is 0 Å². The Labute approximate surface area is 193 Å². The molecule has 0 atom stereocenters. The fourth-order valence-corrected chi connectivity index (χ4v) is 3.28. The van der Waals surface area contributed by atoms with Crippen molar-refractivity contribution in [2.75, 3.05) is 34.3 Å². The van der Waals surface area contributed by atoms with E-state index in [-0.39, 0.29) is 12.4 Å². The van der Waals surface area contributed by atoms with Crippen LogP contribution in [0.25, 0.3) is 0 Å². The van der Waals surface area contributed by atoms with Crippen molar-refractivity contribution < 1.29 is 23.9 Å². The first-order valence-corrected chi connectivity index (χ1v) is 12.8. The van der Waals surface area contributed by atoms with Crippen LogP contribution < -0.4 is 5.11 Å². The summed E-state index contributed by atoms with van der Waals surface area (Å²) < 4.78 is 5.59. The van der Waals surface area contributed by atoms with Crippen LogP contribution in [-0.2, 0) is 14.3 Å². The normalized spacial score (nSPS) is 11.0. The number of nitrogens with zero attached hydrogens (tertiary/aromatic N) is 1. The molecular weight excluding hydrogens is 390 g/mol. The van der Waals surface area contributed by atoms with Crippen molar-refractivity contribution in [2.24, 2.45) is 0 Å². The maximum absolute atomic E-state index is 10.3. The minimum atomic E-state index is -0.902. The molecule has 0 saturated heterocycles. The molecule has 5 nitrogen and oxygen atoms in total. The highest BCUT2D eigenvalue weighted by Crippen LogP contribution is 2.13. The van der Waals surface area contributed by atoms with E-state index in [1.54, 1.807) is 0 Å². The van der Waals surface area contributed by atoms with Crippen molar-refractivity contribution in [2.45, 2.75) is 123 Å². The molecule has 0 N–H and O–H groups in total. The zero-order valence-electron chi connectivity index (χ0n) is 21.5. The summed E-state index contributed by atoms with van der Waals surface area (Å²) in [5.74, 6) is -1.10. The summed E-state index contributed by atoms with van der Waals surface area (Å²) in [6.07, 6.45) is 21.3. The number of carboxylic acid groups (broad SMARTS) is 1. The maximum atomic E-state index is 10.3. The number of unbranched alkanes of at least 4 members (excludes halogenated alkanes) is 15. The van der Waals surface area contributed by atoms with Gasteiger partial charge in [-0.15, -0.1) is 0 Å². The molecule has 0 aliphatic heterocycles. The first-order chi connectivity index (χ1) is 14.7. The van der Waals surface area contributed by atoms with Crippen molar-refractivity contribution in [1.29, 1.82) is 0 Å². The lowest BCUT2D eigenvalue weighted by molar-refractivity contribution is -0.870.